The van der Waals surface area contributed by atoms with Crippen LogP contribution in [0.15, 0.2) is 12.1 Å². The first-order chi connectivity index (χ1) is 6.54. The van der Waals surface area contributed by atoms with E-state index in [0.717, 1.165) is 0 Å². The van der Waals surface area contributed by atoms with E-state index in [1.54, 1.807) is 0 Å². The molecule has 0 fully saturated rings. The number of ketones is 2. The van der Waals surface area contributed by atoms with E-state index in [1.807, 2.05) is 0 Å². The second-order valence-corrected chi connectivity index (χ2v) is 2.89. The second-order valence-electron chi connectivity index (χ2n) is 2.89. The van der Waals surface area contributed by atoms with Crippen LogP contribution in [0, 0.1) is 0 Å². The summed E-state index contributed by atoms with van der Waals surface area (Å²) in [5, 5.41) is 0. The number of hydrogen-bond donors (Lipinski definition) is 0. The first-order valence-corrected chi connectivity index (χ1v) is 4.12. The topological polar surface area (TPSA) is 56.3 Å². The highest BCUT2D eigenvalue weighted by Crippen LogP contribution is 2.14. The summed E-state index contributed by atoms with van der Waals surface area (Å²) >= 11 is 0. The monoisotopic (exact) mass is 193 g/mol. The maximum Gasteiger partial charge on any atom is 0.178 e. The van der Waals surface area contributed by atoms with Crippen LogP contribution in [0.1, 0.15) is 34.8 Å². The summed E-state index contributed by atoms with van der Waals surface area (Å²) in [7, 11) is 1.48. The second kappa shape index (κ2) is 4.00. The molecule has 0 N–H and O–H groups in total. The van der Waals surface area contributed by atoms with Crippen LogP contribution in [0.25, 0.3) is 0 Å². The Balaban J connectivity index is 3.27. The van der Waals surface area contributed by atoms with Crippen LogP contribution in [-0.4, -0.2) is 23.7 Å². The predicted molar refractivity (Wildman–Crippen MR) is 50.8 cm³/mol. The summed E-state index contributed by atoms with van der Waals surface area (Å²) in [4.78, 5) is 26.0. The van der Waals surface area contributed by atoms with Crippen molar-refractivity contribution in [2.75, 3.05) is 7.11 Å². The van der Waals surface area contributed by atoms with E-state index in [1.165, 1.54) is 33.1 Å². The molecule has 1 aromatic rings. The smallest absolute Gasteiger partial charge is 0.178 e. The van der Waals surface area contributed by atoms with Crippen LogP contribution < -0.4 is 4.74 Å². The number of pyridine rings is 1. The van der Waals surface area contributed by atoms with Gasteiger partial charge in [0.2, 0.25) is 0 Å². The van der Waals surface area contributed by atoms with E-state index in [9.17, 15) is 9.59 Å². The van der Waals surface area contributed by atoms with Crippen LogP contribution >= 0.6 is 0 Å². The Bertz CT molecular complexity index is 353. The largest absolute Gasteiger partial charge is 0.497 e. The quantitative estimate of drug-likeness (QED) is 0.682. The molecule has 1 heterocycles. The van der Waals surface area contributed by atoms with Gasteiger partial charge in [0, 0.05) is 26.0 Å². The van der Waals surface area contributed by atoms with Crippen LogP contribution in [0.5, 0.6) is 5.75 Å². The molecule has 0 aromatic carbocycles. The molecule has 0 atom stereocenters. The molecule has 4 nitrogen and oxygen atoms in total. The van der Waals surface area contributed by atoms with Gasteiger partial charge in [-0.05, 0) is 0 Å². The molecule has 74 valence electrons. The Hall–Kier alpha value is -1.71. The van der Waals surface area contributed by atoms with Crippen molar-refractivity contribution in [1.82, 2.24) is 4.98 Å². The number of methoxy groups -OCH3 is 1. The summed E-state index contributed by atoms with van der Waals surface area (Å²) in [6, 6.07) is 3.02. The van der Waals surface area contributed by atoms with E-state index in [2.05, 4.69) is 4.98 Å². The lowest BCUT2D eigenvalue weighted by atomic mass is 10.2. The van der Waals surface area contributed by atoms with Crippen molar-refractivity contribution >= 4 is 11.6 Å². The van der Waals surface area contributed by atoms with Crippen LogP contribution in [0.4, 0.5) is 0 Å². The first-order valence-electron chi connectivity index (χ1n) is 4.12. The van der Waals surface area contributed by atoms with E-state index >= 15 is 0 Å². The Morgan fingerprint density at radius 1 is 1.14 bits per heavy atom. The fourth-order valence-corrected chi connectivity index (χ4v) is 0.984. The fourth-order valence-electron chi connectivity index (χ4n) is 0.984. The molecule has 0 spiro atoms. The van der Waals surface area contributed by atoms with Gasteiger partial charge >= 0.3 is 0 Å². The fraction of sp³-hybridized carbons (Fsp3) is 0.300. The van der Waals surface area contributed by atoms with Crippen molar-refractivity contribution in [2.45, 2.75) is 13.8 Å². The zero-order chi connectivity index (χ0) is 10.7. The lowest BCUT2D eigenvalue weighted by Crippen LogP contribution is -2.04. The van der Waals surface area contributed by atoms with Gasteiger partial charge in [-0.3, -0.25) is 9.59 Å². The number of Topliss-reactive ketones (excluding diaryl/α,β-unsaturated/α-hetero) is 2. The summed E-state index contributed by atoms with van der Waals surface area (Å²) in [5.41, 5.74) is 0.490. The van der Waals surface area contributed by atoms with Gasteiger partial charge in [0.15, 0.2) is 11.6 Å². The van der Waals surface area contributed by atoms with Gasteiger partial charge in [-0.15, -0.1) is 0 Å². The van der Waals surface area contributed by atoms with Crippen LogP contribution in [0.3, 0.4) is 0 Å². The number of nitrogens with zero attached hydrogens (tertiary/aromatic N) is 1. The average Bonchev–Trinajstić information content (AvgIpc) is 2.16. The summed E-state index contributed by atoms with van der Waals surface area (Å²) in [5.74, 6) is 0.0909. The zero-order valence-corrected chi connectivity index (χ0v) is 8.33. The van der Waals surface area contributed by atoms with Gasteiger partial charge < -0.3 is 4.74 Å². The number of aromatic nitrogens is 1. The molecule has 1 aromatic heterocycles. The Morgan fingerprint density at radius 3 is 1.86 bits per heavy atom. The molecule has 0 aliphatic rings. The van der Waals surface area contributed by atoms with Crippen LogP contribution in [0.2, 0.25) is 0 Å². The highest BCUT2D eigenvalue weighted by molar-refractivity contribution is 5.96. The Kier molecular flexibility index (Phi) is 2.96. The third kappa shape index (κ3) is 2.16. The standard InChI is InChI=1S/C10H11NO3/c1-6(12)9-4-8(14-3)5-10(11-9)7(2)13/h4-5H,1-3H3. The number of ether oxygens (including phenoxy) is 1. The predicted octanol–water partition coefficient (Wildman–Crippen LogP) is 1.50. The minimum absolute atomic E-state index is 0.189. The number of carbonyl (C=O) groups is 2. The molecule has 0 aliphatic carbocycles. The van der Waals surface area contributed by atoms with E-state index in [0.29, 0.717) is 5.75 Å². The molecule has 0 saturated heterocycles. The molecular weight excluding hydrogens is 182 g/mol. The molecule has 1 rings (SSSR count). The molecule has 0 saturated carbocycles. The number of rotatable bonds is 3. The SMILES string of the molecule is COc1cc(C(C)=O)nc(C(C)=O)c1. The van der Waals surface area contributed by atoms with Crippen molar-refractivity contribution in [3.05, 3.63) is 23.5 Å². The molecule has 0 amide bonds. The Labute approximate surface area is 81.9 Å². The number of carbonyl (C=O) groups excluding carboxylic acids is 2. The van der Waals surface area contributed by atoms with Gasteiger partial charge in [0.1, 0.15) is 17.1 Å². The Morgan fingerprint density at radius 2 is 1.57 bits per heavy atom. The van der Waals surface area contributed by atoms with Gasteiger partial charge in [0.05, 0.1) is 7.11 Å². The normalized spacial score (nSPS) is 9.64. The summed E-state index contributed by atoms with van der Waals surface area (Å²) in [6.07, 6.45) is 0. The third-order valence-corrected chi connectivity index (χ3v) is 1.76. The molecule has 0 bridgehead atoms. The lowest BCUT2D eigenvalue weighted by molar-refractivity contribution is 0.100. The summed E-state index contributed by atoms with van der Waals surface area (Å²) in [6.45, 7) is 2.79. The third-order valence-electron chi connectivity index (χ3n) is 1.76. The molecule has 0 aliphatic heterocycles. The maximum absolute atomic E-state index is 11.1. The van der Waals surface area contributed by atoms with Crippen molar-refractivity contribution < 1.29 is 14.3 Å². The van der Waals surface area contributed by atoms with E-state index in [-0.39, 0.29) is 23.0 Å². The molecular formula is C10H11NO3. The molecule has 4 heteroatoms. The van der Waals surface area contributed by atoms with Crippen molar-refractivity contribution in [1.29, 1.82) is 0 Å². The van der Waals surface area contributed by atoms with Gasteiger partial charge in [0.25, 0.3) is 0 Å². The molecule has 0 radical (unpaired) electrons. The van der Waals surface area contributed by atoms with E-state index < -0.39 is 0 Å². The minimum atomic E-state index is -0.189. The first kappa shape index (κ1) is 10.4. The van der Waals surface area contributed by atoms with E-state index in [4.69, 9.17) is 4.74 Å². The lowest BCUT2D eigenvalue weighted by Gasteiger charge is -2.03. The maximum atomic E-state index is 11.1. The van der Waals surface area contributed by atoms with Gasteiger partial charge in [-0.1, -0.05) is 0 Å². The summed E-state index contributed by atoms with van der Waals surface area (Å²) < 4.78 is 4.95. The van der Waals surface area contributed by atoms with Crippen molar-refractivity contribution in [3.63, 3.8) is 0 Å². The molecule has 0 unspecified atom stereocenters. The minimum Gasteiger partial charge on any atom is -0.497 e. The van der Waals surface area contributed by atoms with Gasteiger partial charge in [-0.2, -0.15) is 0 Å². The van der Waals surface area contributed by atoms with Crippen LogP contribution in [-0.2, 0) is 0 Å². The van der Waals surface area contributed by atoms with Crippen molar-refractivity contribution in [3.8, 4) is 5.75 Å². The average molecular weight is 193 g/mol. The number of hydrogen-bond acceptors (Lipinski definition) is 4. The van der Waals surface area contributed by atoms with Gasteiger partial charge in [-0.25, -0.2) is 4.98 Å². The highest BCUT2D eigenvalue weighted by Gasteiger charge is 2.09. The molecule has 14 heavy (non-hydrogen) atoms. The highest BCUT2D eigenvalue weighted by atomic mass is 16.5. The van der Waals surface area contributed by atoms with Crippen molar-refractivity contribution in [2.24, 2.45) is 0 Å². The zero-order valence-electron chi connectivity index (χ0n) is 8.33.